The number of carbonyl (C=O) groups is 2. The standard InChI is InChI=1S/C18H21N3O7S2/c1-10(22)20-15(18(24)25)9-29-17-8-14(21-30(2,26)27)16(7-13(17)19)28-12-5-3-11(23)4-6-12/h3-8,15,21,23H,9,19H2,1-2H3,(H,20,22)(H,24,25)/t15-/m0/s1. The van der Waals surface area contributed by atoms with Crippen LogP contribution >= 0.6 is 11.8 Å². The molecule has 2 aromatic carbocycles. The van der Waals surface area contributed by atoms with Gasteiger partial charge in [-0.15, -0.1) is 11.8 Å². The number of carboxylic acid groups (broad SMARTS) is 1. The molecule has 10 nitrogen and oxygen atoms in total. The van der Waals surface area contributed by atoms with Gasteiger partial charge in [-0.2, -0.15) is 0 Å². The van der Waals surface area contributed by atoms with Gasteiger partial charge in [0.2, 0.25) is 15.9 Å². The number of thioether (sulfide) groups is 1. The lowest BCUT2D eigenvalue weighted by Gasteiger charge is -2.17. The number of ether oxygens (including phenoxy) is 1. The van der Waals surface area contributed by atoms with Gasteiger partial charge >= 0.3 is 5.97 Å². The zero-order valence-corrected chi connectivity index (χ0v) is 17.7. The van der Waals surface area contributed by atoms with E-state index in [0.717, 1.165) is 18.0 Å². The number of benzene rings is 2. The second kappa shape index (κ2) is 9.59. The minimum Gasteiger partial charge on any atom is -0.508 e. The van der Waals surface area contributed by atoms with Crippen LogP contribution < -0.4 is 20.5 Å². The van der Waals surface area contributed by atoms with Crippen molar-refractivity contribution in [2.75, 3.05) is 22.5 Å². The molecule has 2 rings (SSSR count). The average molecular weight is 456 g/mol. The van der Waals surface area contributed by atoms with E-state index in [-0.39, 0.29) is 28.6 Å². The van der Waals surface area contributed by atoms with Crippen LogP contribution in [0.5, 0.6) is 17.2 Å². The Bertz CT molecular complexity index is 1040. The lowest BCUT2D eigenvalue weighted by atomic mass is 10.2. The van der Waals surface area contributed by atoms with Crippen LogP contribution in [0.25, 0.3) is 0 Å². The van der Waals surface area contributed by atoms with E-state index >= 15 is 0 Å². The molecule has 0 radical (unpaired) electrons. The third-order valence-corrected chi connectivity index (χ3v) is 5.31. The van der Waals surface area contributed by atoms with Gasteiger partial charge < -0.3 is 26.0 Å². The summed E-state index contributed by atoms with van der Waals surface area (Å²) in [6.45, 7) is 1.21. The van der Waals surface area contributed by atoms with Crippen molar-refractivity contribution in [3.8, 4) is 17.2 Å². The quantitative estimate of drug-likeness (QED) is 0.280. The molecule has 0 bridgehead atoms. The Morgan fingerprint density at radius 3 is 2.40 bits per heavy atom. The van der Waals surface area contributed by atoms with Gasteiger partial charge in [-0.25, -0.2) is 13.2 Å². The SMILES string of the molecule is CC(=O)N[C@@H](CSc1cc(NS(C)(=O)=O)c(Oc2ccc(O)cc2)cc1N)C(=O)O. The van der Waals surface area contributed by atoms with E-state index in [0.29, 0.717) is 10.6 Å². The number of nitrogens with two attached hydrogens (primary N) is 1. The van der Waals surface area contributed by atoms with Crippen LogP contribution in [0.3, 0.4) is 0 Å². The Kier molecular flexibility index (Phi) is 7.40. The third kappa shape index (κ3) is 7.04. The van der Waals surface area contributed by atoms with E-state index in [9.17, 15) is 28.2 Å². The second-order valence-electron chi connectivity index (χ2n) is 6.26. The van der Waals surface area contributed by atoms with Crippen molar-refractivity contribution in [2.45, 2.75) is 17.9 Å². The maximum atomic E-state index is 11.8. The van der Waals surface area contributed by atoms with Crippen LogP contribution in [0.4, 0.5) is 11.4 Å². The Labute approximate surface area is 177 Å². The van der Waals surface area contributed by atoms with Crippen LogP contribution in [-0.4, -0.2) is 48.6 Å². The van der Waals surface area contributed by atoms with Crippen LogP contribution in [0.15, 0.2) is 41.3 Å². The van der Waals surface area contributed by atoms with Gasteiger partial charge in [0.05, 0.1) is 11.9 Å². The molecule has 2 aromatic rings. The number of anilines is 2. The average Bonchev–Trinajstić information content (AvgIpc) is 2.62. The van der Waals surface area contributed by atoms with Crippen molar-refractivity contribution in [1.29, 1.82) is 0 Å². The summed E-state index contributed by atoms with van der Waals surface area (Å²) >= 11 is 1.04. The molecule has 0 unspecified atom stereocenters. The van der Waals surface area contributed by atoms with Gasteiger partial charge in [0.1, 0.15) is 17.5 Å². The minimum absolute atomic E-state index is 0.0321. The Morgan fingerprint density at radius 2 is 1.87 bits per heavy atom. The van der Waals surface area contributed by atoms with Crippen LogP contribution in [-0.2, 0) is 19.6 Å². The molecule has 1 atom stereocenters. The van der Waals surface area contributed by atoms with Crippen molar-refractivity contribution in [3.05, 3.63) is 36.4 Å². The van der Waals surface area contributed by atoms with Crippen molar-refractivity contribution < 1.29 is 33.0 Å². The van der Waals surface area contributed by atoms with E-state index in [1.54, 1.807) is 0 Å². The molecule has 0 saturated carbocycles. The van der Waals surface area contributed by atoms with Gasteiger partial charge in [0, 0.05) is 29.3 Å². The number of aromatic hydroxyl groups is 1. The fourth-order valence-corrected chi connectivity index (χ4v) is 3.86. The first kappa shape index (κ1) is 23.2. The predicted octanol–water partition coefficient (Wildman–Crippen LogP) is 1.82. The smallest absolute Gasteiger partial charge is 0.327 e. The summed E-state index contributed by atoms with van der Waals surface area (Å²) in [7, 11) is -3.66. The maximum absolute atomic E-state index is 11.8. The maximum Gasteiger partial charge on any atom is 0.327 e. The molecule has 0 saturated heterocycles. The second-order valence-corrected chi connectivity index (χ2v) is 9.07. The first-order chi connectivity index (χ1) is 13.9. The van der Waals surface area contributed by atoms with Crippen LogP contribution in [0.1, 0.15) is 6.92 Å². The number of nitrogens with one attached hydrogen (secondary N) is 2. The molecule has 12 heteroatoms. The highest BCUT2D eigenvalue weighted by atomic mass is 32.2. The summed E-state index contributed by atoms with van der Waals surface area (Å²) in [6.07, 6.45) is 0.970. The number of phenols is 1. The van der Waals surface area contributed by atoms with E-state index in [4.69, 9.17) is 10.5 Å². The summed E-state index contributed by atoms with van der Waals surface area (Å²) in [5, 5.41) is 20.9. The number of hydrogen-bond acceptors (Lipinski definition) is 8. The number of nitrogen functional groups attached to an aromatic ring is 1. The molecule has 1 amide bonds. The first-order valence-corrected chi connectivity index (χ1v) is 11.3. The molecule has 0 aliphatic carbocycles. The monoisotopic (exact) mass is 455 g/mol. The number of carboxylic acids is 1. The van der Waals surface area contributed by atoms with E-state index in [1.807, 2.05) is 0 Å². The number of phenolic OH excluding ortho intramolecular Hbond substituents is 1. The highest BCUT2D eigenvalue weighted by Gasteiger charge is 2.20. The Hall–Kier alpha value is -3.12. The summed E-state index contributed by atoms with van der Waals surface area (Å²) in [5.74, 6) is -1.25. The van der Waals surface area contributed by atoms with Gasteiger partial charge in [-0.1, -0.05) is 0 Å². The number of amides is 1. The fraction of sp³-hybridized carbons (Fsp3) is 0.222. The molecule has 162 valence electrons. The molecule has 0 aliphatic rings. The molecule has 6 N–H and O–H groups in total. The first-order valence-electron chi connectivity index (χ1n) is 8.45. The highest BCUT2D eigenvalue weighted by Crippen LogP contribution is 2.38. The minimum atomic E-state index is -3.66. The van der Waals surface area contributed by atoms with Crippen molar-refractivity contribution in [3.63, 3.8) is 0 Å². The molecule has 0 fully saturated rings. The fourth-order valence-electron chi connectivity index (χ4n) is 2.30. The number of aliphatic carboxylic acids is 1. The molecule has 0 aliphatic heterocycles. The van der Waals surface area contributed by atoms with E-state index in [2.05, 4.69) is 10.0 Å². The van der Waals surface area contributed by atoms with Crippen LogP contribution in [0, 0.1) is 0 Å². The van der Waals surface area contributed by atoms with Gasteiger partial charge in [0.25, 0.3) is 0 Å². The zero-order chi connectivity index (χ0) is 22.5. The molecule has 0 heterocycles. The Morgan fingerprint density at radius 1 is 1.23 bits per heavy atom. The lowest BCUT2D eigenvalue weighted by molar-refractivity contribution is -0.140. The largest absolute Gasteiger partial charge is 0.508 e. The number of hydrogen-bond donors (Lipinski definition) is 5. The molecule has 0 spiro atoms. The lowest BCUT2D eigenvalue weighted by Crippen LogP contribution is -2.41. The van der Waals surface area contributed by atoms with Crippen molar-refractivity contribution >= 4 is 45.0 Å². The van der Waals surface area contributed by atoms with Gasteiger partial charge in [-0.3, -0.25) is 9.52 Å². The third-order valence-electron chi connectivity index (χ3n) is 3.55. The topological polar surface area (TPSA) is 168 Å². The summed E-state index contributed by atoms with van der Waals surface area (Å²) in [6, 6.07) is 7.46. The number of rotatable bonds is 9. The van der Waals surface area contributed by atoms with Crippen LogP contribution in [0.2, 0.25) is 0 Å². The molecule has 0 aromatic heterocycles. The normalized spacial score (nSPS) is 12.1. The summed E-state index contributed by atoms with van der Waals surface area (Å²) in [5.41, 5.74) is 6.36. The van der Waals surface area contributed by atoms with Gasteiger partial charge in [0.15, 0.2) is 5.75 Å². The van der Waals surface area contributed by atoms with Crippen molar-refractivity contribution in [1.82, 2.24) is 5.32 Å². The van der Waals surface area contributed by atoms with E-state index < -0.39 is 27.9 Å². The van der Waals surface area contributed by atoms with Gasteiger partial charge in [-0.05, 0) is 30.3 Å². The summed E-state index contributed by atoms with van der Waals surface area (Å²) < 4.78 is 31.5. The molecular formula is C18H21N3O7S2. The Balaban J connectivity index is 2.33. The molecule has 30 heavy (non-hydrogen) atoms. The highest BCUT2D eigenvalue weighted by molar-refractivity contribution is 7.99. The summed E-state index contributed by atoms with van der Waals surface area (Å²) in [4.78, 5) is 22.9. The molecular weight excluding hydrogens is 434 g/mol. The number of sulfonamides is 1. The van der Waals surface area contributed by atoms with Crippen molar-refractivity contribution in [2.24, 2.45) is 0 Å². The predicted molar refractivity (Wildman–Crippen MR) is 113 cm³/mol. The number of carbonyl (C=O) groups excluding carboxylic acids is 1. The zero-order valence-electron chi connectivity index (χ0n) is 16.1. The van der Waals surface area contributed by atoms with E-state index in [1.165, 1.54) is 43.3 Å².